The average molecular weight is 221 g/mol. The molecule has 2 amide bonds. The van der Waals surface area contributed by atoms with Crippen LogP contribution in [0.5, 0.6) is 0 Å². The number of primary amides is 1. The van der Waals surface area contributed by atoms with Crippen molar-refractivity contribution in [3.8, 4) is 0 Å². The summed E-state index contributed by atoms with van der Waals surface area (Å²) in [6, 6.07) is 5.92. The van der Waals surface area contributed by atoms with Crippen molar-refractivity contribution in [1.82, 2.24) is 5.43 Å². The topological polar surface area (TPSA) is 93.8 Å². The minimum atomic E-state index is -0.771. The van der Waals surface area contributed by atoms with Gasteiger partial charge in [-0.2, -0.15) is 5.10 Å². The van der Waals surface area contributed by atoms with Crippen molar-refractivity contribution < 1.29 is 14.3 Å². The SMILES string of the molecule is COC(=O)c1ccccc1/C=N\NC(N)=O. The molecule has 0 spiro atoms. The lowest BCUT2D eigenvalue weighted by Crippen LogP contribution is -2.24. The Hall–Kier alpha value is -2.37. The van der Waals surface area contributed by atoms with Crippen molar-refractivity contribution in [2.75, 3.05) is 7.11 Å². The largest absolute Gasteiger partial charge is 0.465 e. The smallest absolute Gasteiger partial charge is 0.338 e. The second-order valence-corrected chi connectivity index (χ2v) is 2.81. The predicted octanol–water partition coefficient (Wildman–Crippen LogP) is 0.475. The Morgan fingerprint density at radius 3 is 2.75 bits per heavy atom. The zero-order valence-corrected chi connectivity index (χ0v) is 8.64. The average Bonchev–Trinajstić information content (AvgIpc) is 2.28. The molecule has 0 saturated carbocycles. The predicted molar refractivity (Wildman–Crippen MR) is 58.1 cm³/mol. The molecule has 0 aliphatic rings. The fourth-order valence-electron chi connectivity index (χ4n) is 1.07. The molecule has 0 unspecified atom stereocenters. The van der Waals surface area contributed by atoms with Gasteiger partial charge in [0.1, 0.15) is 0 Å². The molecule has 0 atom stereocenters. The number of esters is 1. The third-order valence-corrected chi connectivity index (χ3v) is 1.74. The number of hydrogen-bond acceptors (Lipinski definition) is 4. The van der Waals surface area contributed by atoms with E-state index in [9.17, 15) is 9.59 Å². The number of nitrogens with two attached hydrogens (primary N) is 1. The summed E-state index contributed by atoms with van der Waals surface area (Å²) in [6.07, 6.45) is 1.32. The number of nitrogens with one attached hydrogen (secondary N) is 1. The first-order valence-electron chi connectivity index (χ1n) is 4.41. The van der Waals surface area contributed by atoms with Crippen LogP contribution in [0.2, 0.25) is 0 Å². The Morgan fingerprint density at radius 2 is 2.12 bits per heavy atom. The summed E-state index contributed by atoms with van der Waals surface area (Å²) in [5.41, 5.74) is 7.75. The van der Waals surface area contributed by atoms with E-state index in [0.29, 0.717) is 11.1 Å². The molecule has 16 heavy (non-hydrogen) atoms. The van der Waals surface area contributed by atoms with Gasteiger partial charge < -0.3 is 10.5 Å². The fraction of sp³-hybridized carbons (Fsp3) is 0.100. The highest BCUT2D eigenvalue weighted by Gasteiger charge is 2.08. The molecule has 1 aromatic rings. The van der Waals surface area contributed by atoms with Gasteiger partial charge in [0.05, 0.1) is 18.9 Å². The van der Waals surface area contributed by atoms with E-state index in [4.69, 9.17) is 5.73 Å². The lowest BCUT2D eigenvalue weighted by atomic mass is 10.1. The minimum absolute atomic E-state index is 0.361. The lowest BCUT2D eigenvalue weighted by molar-refractivity contribution is 0.0600. The van der Waals surface area contributed by atoms with Crippen LogP contribution in [-0.4, -0.2) is 25.3 Å². The molecule has 0 radical (unpaired) electrons. The molecule has 1 rings (SSSR count). The van der Waals surface area contributed by atoms with E-state index < -0.39 is 12.0 Å². The minimum Gasteiger partial charge on any atom is -0.465 e. The molecule has 0 fully saturated rings. The van der Waals surface area contributed by atoms with Gasteiger partial charge in [-0.3, -0.25) is 0 Å². The van der Waals surface area contributed by atoms with Crippen molar-refractivity contribution in [3.05, 3.63) is 35.4 Å². The van der Waals surface area contributed by atoms with E-state index in [1.807, 2.05) is 5.43 Å². The van der Waals surface area contributed by atoms with Gasteiger partial charge in [-0.1, -0.05) is 18.2 Å². The maximum absolute atomic E-state index is 11.3. The quantitative estimate of drug-likeness (QED) is 0.441. The van der Waals surface area contributed by atoms with Crippen molar-refractivity contribution >= 4 is 18.2 Å². The molecule has 84 valence electrons. The number of ether oxygens (including phenoxy) is 1. The van der Waals surface area contributed by atoms with Crippen molar-refractivity contribution in [2.24, 2.45) is 10.8 Å². The zero-order chi connectivity index (χ0) is 12.0. The molecule has 6 nitrogen and oxygen atoms in total. The summed E-state index contributed by atoms with van der Waals surface area (Å²) < 4.78 is 4.59. The van der Waals surface area contributed by atoms with Crippen LogP contribution in [0.25, 0.3) is 0 Å². The molecule has 0 aliphatic carbocycles. The third kappa shape index (κ3) is 3.09. The van der Waals surface area contributed by atoms with Crippen LogP contribution in [0.15, 0.2) is 29.4 Å². The number of amides is 2. The normalized spacial score (nSPS) is 10.1. The first-order valence-corrected chi connectivity index (χ1v) is 4.41. The zero-order valence-electron chi connectivity index (χ0n) is 8.64. The number of hydrogen-bond donors (Lipinski definition) is 2. The van der Waals surface area contributed by atoms with Gasteiger partial charge in [-0.05, 0) is 6.07 Å². The molecule has 0 aromatic heterocycles. The second-order valence-electron chi connectivity index (χ2n) is 2.81. The number of hydrazone groups is 1. The van der Waals surface area contributed by atoms with E-state index in [0.717, 1.165) is 0 Å². The van der Waals surface area contributed by atoms with Crippen LogP contribution in [-0.2, 0) is 4.74 Å². The summed E-state index contributed by atoms with van der Waals surface area (Å²) in [6.45, 7) is 0. The van der Waals surface area contributed by atoms with Crippen LogP contribution in [0.3, 0.4) is 0 Å². The van der Waals surface area contributed by atoms with E-state index >= 15 is 0 Å². The van der Waals surface area contributed by atoms with E-state index in [1.165, 1.54) is 13.3 Å². The summed E-state index contributed by atoms with van der Waals surface area (Å²) in [7, 11) is 1.29. The van der Waals surface area contributed by atoms with Gasteiger partial charge in [0.2, 0.25) is 0 Å². The van der Waals surface area contributed by atoms with Gasteiger partial charge in [0.15, 0.2) is 0 Å². The number of rotatable bonds is 3. The van der Waals surface area contributed by atoms with Crippen molar-refractivity contribution in [2.45, 2.75) is 0 Å². The number of methoxy groups -OCH3 is 1. The van der Waals surface area contributed by atoms with Crippen molar-refractivity contribution in [1.29, 1.82) is 0 Å². The molecular weight excluding hydrogens is 210 g/mol. The Balaban J connectivity index is 2.91. The molecule has 3 N–H and O–H groups in total. The number of nitrogens with zero attached hydrogens (tertiary/aromatic N) is 1. The molecule has 1 aromatic carbocycles. The van der Waals surface area contributed by atoms with Gasteiger partial charge in [0, 0.05) is 5.56 Å². The highest BCUT2D eigenvalue weighted by molar-refractivity contribution is 5.99. The van der Waals surface area contributed by atoms with E-state index in [2.05, 4.69) is 9.84 Å². The highest BCUT2D eigenvalue weighted by atomic mass is 16.5. The Labute approximate surface area is 92.1 Å². The van der Waals surface area contributed by atoms with E-state index in [-0.39, 0.29) is 0 Å². The molecule has 0 aliphatic heterocycles. The maximum Gasteiger partial charge on any atom is 0.338 e. The Morgan fingerprint density at radius 1 is 1.44 bits per heavy atom. The molecule has 0 bridgehead atoms. The van der Waals surface area contributed by atoms with Crippen molar-refractivity contribution in [3.63, 3.8) is 0 Å². The Bertz CT molecular complexity index is 429. The maximum atomic E-state index is 11.3. The molecular formula is C10H11N3O3. The number of benzene rings is 1. The Kier molecular flexibility index (Phi) is 4.02. The van der Waals surface area contributed by atoms with Gasteiger partial charge >= 0.3 is 12.0 Å². The molecule has 0 heterocycles. The number of urea groups is 1. The van der Waals surface area contributed by atoms with Crippen LogP contribution in [0.1, 0.15) is 15.9 Å². The first kappa shape index (κ1) is 11.7. The standard InChI is InChI=1S/C10H11N3O3/c1-16-9(14)8-5-3-2-4-7(8)6-12-13-10(11)15/h2-6H,1H3,(H3,11,13,15)/b12-6-. The summed E-state index contributed by atoms with van der Waals surface area (Å²) in [4.78, 5) is 21.7. The van der Waals surface area contributed by atoms with E-state index in [1.54, 1.807) is 24.3 Å². The number of carbonyl (C=O) groups excluding carboxylic acids is 2. The fourth-order valence-corrected chi connectivity index (χ4v) is 1.07. The van der Waals surface area contributed by atoms with Gasteiger partial charge in [0.25, 0.3) is 0 Å². The van der Waals surface area contributed by atoms with Crippen LogP contribution in [0, 0.1) is 0 Å². The number of carbonyl (C=O) groups is 2. The van der Waals surface area contributed by atoms with Gasteiger partial charge in [-0.25, -0.2) is 15.0 Å². The lowest BCUT2D eigenvalue weighted by Gasteiger charge is -2.02. The molecule has 0 saturated heterocycles. The van der Waals surface area contributed by atoms with Crippen LogP contribution < -0.4 is 11.2 Å². The molecule has 6 heteroatoms. The third-order valence-electron chi connectivity index (χ3n) is 1.74. The summed E-state index contributed by atoms with van der Waals surface area (Å²) >= 11 is 0. The van der Waals surface area contributed by atoms with Crippen LogP contribution >= 0.6 is 0 Å². The van der Waals surface area contributed by atoms with Crippen LogP contribution in [0.4, 0.5) is 4.79 Å². The highest BCUT2D eigenvalue weighted by Crippen LogP contribution is 2.07. The summed E-state index contributed by atoms with van der Waals surface area (Å²) in [5, 5.41) is 3.56. The first-order chi connectivity index (χ1) is 7.65. The second kappa shape index (κ2) is 5.50. The summed E-state index contributed by atoms with van der Waals surface area (Å²) in [5.74, 6) is -0.471. The van der Waals surface area contributed by atoms with Gasteiger partial charge in [-0.15, -0.1) is 0 Å². The monoisotopic (exact) mass is 221 g/mol.